The highest BCUT2D eigenvalue weighted by molar-refractivity contribution is 5.31. The van der Waals surface area contributed by atoms with E-state index >= 15 is 0 Å². The summed E-state index contributed by atoms with van der Waals surface area (Å²) < 4.78 is 0. The van der Waals surface area contributed by atoms with E-state index in [4.69, 9.17) is 0 Å². The van der Waals surface area contributed by atoms with Crippen LogP contribution in [0.15, 0.2) is 36.4 Å². The molecule has 2 aliphatic carbocycles. The zero-order chi connectivity index (χ0) is 15.4. The highest BCUT2D eigenvalue weighted by Gasteiger charge is 2.22. The Morgan fingerprint density at radius 2 is 1.41 bits per heavy atom. The highest BCUT2D eigenvalue weighted by atomic mass is 14.3. The third kappa shape index (κ3) is 3.65. The Morgan fingerprint density at radius 1 is 0.727 bits per heavy atom. The zero-order valence-electron chi connectivity index (χ0n) is 14.4. The molecule has 0 saturated heterocycles. The number of rotatable bonds is 4. The van der Waals surface area contributed by atoms with Crippen LogP contribution in [0, 0.1) is 11.8 Å². The minimum Gasteiger partial charge on any atom is -0.0848 e. The van der Waals surface area contributed by atoms with Gasteiger partial charge in [0.15, 0.2) is 0 Å². The van der Waals surface area contributed by atoms with Crippen molar-refractivity contribution in [2.24, 2.45) is 11.8 Å². The fourth-order valence-electron chi connectivity index (χ4n) is 4.41. The summed E-state index contributed by atoms with van der Waals surface area (Å²) >= 11 is 0. The molecule has 2 unspecified atom stereocenters. The molecule has 0 heterocycles. The number of hydrogen-bond donors (Lipinski definition) is 0. The van der Waals surface area contributed by atoms with Gasteiger partial charge in [-0.05, 0) is 73.8 Å². The molecule has 0 radical (unpaired) electrons. The van der Waals surface area contributed by atoms with Crippen LogP contribution >= 0.6 is 0 Å². The lowest BCUT2D eigenvalue weighted by atomic mass is 9.77. The predicted molar refractivity (Wildman–Crippen MR) is 96.3 cm³/mol. The Bertz CT molecular complexity index is 473. The molecule has 0 nitrogen and oxygen atoms in total. The maximum atomic E-state index is 2.46. The van der Waals surface area contributed by atoms with Crippen molar-refractivity contribution in [3.63, 3.8) is 0 Å². The first-order valence-corrected chi connectivity index (χ1v) is 9.58. The SMILES string of the molecule is CCC1C=CC(c2ccc(C3CCC(CC)CC3)cc2)CC1. The minimum atomic E-state index is 0.660. The Labute approximate surface area is 137 Å². The van der Waals surface area contributed by atoms with E-state index in [-0.39, 0.29) is 0 Å². The first-order valence-electron chi connectivity index (χ1n) is 9.58. The maximum Gasteiger partial charge on any atom is 0.00182 e. The van der Waals surface area contributed by atoms with Gasteiger partial charge in [-0.25, -0.2) is 0 Å². The zero-order valence-corrected chi connectivity index (χ0v) is 14.4. The Morgan fingerprint density at radius 3 is 1.95 bits per heavy atom. The van der Waals surface area contributed by atoms with Crippen LogP contribution in [-0.4, -0.2) is 0 Å². The molecular weight excluding hydrogens is 264 g/mol. The van der Waals surface area contributed by atoms with Crippen molar-refractivity contribution in [2.45, 2.75) is 77.0 Å². The molecule has 2 atom stereocenters. The topological polar surface area (TPSA) is 0 Å². The van der Waals surface area contributed by atoms with Crippen LogP contribution in [0.3, 0.4) is 0 Å². The lowest BCUT2D eigenvalue weighted by Gasteiger charge is -2.28. The lowest BCUT2D eigenvalue weighted by Crippen LogP contribution is -2.12. The monoisotopic (exact) mass is 296 g/mol. The number of benzene rings is 1. The average molecular weight is 296 g/mol. The second-order valence-corrected chi connectivity index (χ2v) is 7.53. The van der Waals surface area contributed by atoms with E-state index in [9.17, 15) is 0 Å². The molecule has 1 aromatic carbocycles. The standard InChI is InChI=1S/C22H32/c1-3-17-5-9-19(10-6-17)21-13-15-22(16-14-21)20-11-7-18(4-2)8-12-20/h5,9,13-20H,3-4,6-8,10-12H2,1-2H3. The largest absolute Gasteiger partial charge is 0.0848 e. The first kappa shape index (κ1) is 15.8. The van der Waals surface area contributed by atoms with E-state index in [1.807, 2.05) is 0 Å². The van der Waals surface area contributed by atoms with Gasteiger partial charge in [0, 0.05) is 5.92 Å². The van der Waals surface area contributed by atoms with Crippen LogP contribution in [-0.2, 0) is 0 Å². The molecule has 1 aromatic rings. The molecule has 0 heteroatoms. The molecule has 0 aliphatic heterocycles. The first-order chi connectivity index (χ1) is 10.8. The molecular formula is C22H32. The van der Waals surface area contributed by atoms with Gasteiger partial charge >= 0.3 is 0 Å². The molecule has 0 aromatic heterocycles. The van der Waals surface area contributed by atoms with Crippen LogP contribution in [0.1, 0.15) is 88.2 Å². The molecule has 22 heavy (non-hydrogen) atoms. The molecule has 120 valence electrons. The number of hydrogen-bond acceptors (Lipinski definition) is 0. The van der Waals surface area contributed by atoms with Gasteiger partial charge in [-0.15, -0.1) is 0 Å². The Balaban J connectivity index is 1.61. The lowest BCUT2D eigenvalue weighted by molar-refractivity contribution is 0.319. The second kappa shape index (κ2) is 7.49. The molecule has 1 saturated carbocycles. The summed E-state index contributed by atoms with van der Waals surface area (Å²) in [6.07, 6.45) is 15.9. The van der Waals surface area contributed by atoms with Gasteiger partial charge < -0.3 is 0 Å². The van der Waals surface area contributed by atoms with Crippen molar-refractivity contribution in [3.05, 3.63) is 47.5 Å². The van der Waals surface area contributed by atoms with Gasteiger partial charge in [-0.2, -0.15) is 0 Å². The van der Waals surface area contributed by atoms with Gasteiger partial charge in [-0.1, -0.05) is 56.7 Å². The smallest absolute Gasteiger partial charge is 0.00182 e. The molecule has 0 spiro atoms. The van der Waals surface area contributed by atoms with E-state index in [1.165, 1.54) is 56.9 Å². The van der Waals surface area contributed by atoms with Gasteiger partial charge in [0.1, 0.15) is 0 Å². The summed E-state index contributed by atoms with van der Waals surface area (Å²) in [5, 5.41) is 0. The van der Waals surface area contributed by atoms with Gasteiger partial charge in [0.2, 0.25) is 0 Å². The van der Waals surface area contributed by atoms with Crippen molar-refractivity contribution in [1.29, 1.82) is 0 Å². The van der Waals surface area contributed by atoms with E-state index in [2.05, 4.69) is 50.3 Å². The summed E-state index contributed by atoms with van der Waals surface area (Å²) in [5.41, 5.74) is 3.11. The van der Waals surface area contributed by atoms with Crippen LogP contribution in [0.4, 0.5) is 0 Å². The van der Waals surface area contributed by atoms with E-state index in [1.54, 1.807) is 5.56 Å². The highest BCUT2D eigenvalue weighted by Crippen LogP contribution is 2.38. The van der Waals surface area contributed by atoms with E-state index in [0.717, 1.165) is 17.8 Å². The van der Waals surface area contributed by atoms with E-state index in [0.29, 0.717) is 5.92 Å². The maximum absolute atomic E-state index is 2.46. The van der Waals surface area contributed by atoms with Gasteiger partial charge in [0.25, 0.3) is 0 Å². The summed E-state index contributed by atoms with van der Waals surface area (Å²) in [6, 6.07) is 9.66. The number of allylic oxidation sites excluding steroid dienone is 2. The third-order valence-electron chi connectivity index (χ3n) is 6.25. The fourth-order valence-corrected chi connectivity index (χ4v) is 4.41. The van der Waals surface area contributed by atoms with Crippen molar-refractivity contribution in [2.75, 3.05) is 0 Å². The van der Waals surface area contributed by atoms with Crippen molar-refractivity contribution in [3.8, 4) is 0 Å². The molecule has 0 amide bonds. The van der Waals surface area contributed by atoms with Crippen LogP contribution in [0.25, 0.3) is 0 Å². The van der Waals surface area contributed by atoms with Crippen molar-refractivity contribution < 1.29 is 0 Å². The summed E-state index contributed by atoms with van der Waals surface area (Å²) in [5.74, 6) is 3.30. The quantitative estimate of drug-likeness (QED) is 0.534. The molecule has 0 bridgehead atoms. The Hall–Kier alpha value is -1.04. The molecule has 3 rings (SSSR count). The van der Waals surface area contributed by atoms with Crippen molar-refractivity contribution in [1.82, 2.24) is 0 Å². The minimum absolute atomic E-state index is 0.660. The average Bonchev–Trinajstić information content (AvgIpc) is 2.62. The third-order valence-corrected chi connectivity index (χ3v) is 6.25. The molecule has 2 aliphatic rings. The van der Waals surface area contributed by atoms with Crippen molar-refractivity contribution >= 4 is 0 Å². The molecule has 0 N–H and O–H groups in total. The fraction of sp³-hybridized carbons (Fsp3) is 0.636. The van der Waals surface area contributed by atoms with E-state index < -0.39 is 0 Å². The summed E-state index contributed by atoms with van der Waals surface area (Å²) in [7, 11) is 0. The predicted octanol–water partition coefficient (Wildman–Crippen LogP) is 6.83. The van der Waals surface area contributed by atoms with Crippen LogP contribution < -0.4 is 0 Å². The second-order valence-electron chi connectivity index (χ2n) is 7.53. The Kier molecular flexibility index (Phi) is 5.39. The van der Waals surface area contributed by atoms with Crippen LogP contribution in [0.2, 0.25) is 0 Å². The van der Waals surface area contributed by atoms with Crippen LogP contribution in [0.5, 0.6) is 0 Å². The molecule has 1 fully saturated rings. The van der Waals surface area contributed by atoms with Gasteiger partial charge in [-0.3, -0.25) is 0 Å². The normalized spacial score (nSPS) is 32.1. The summed E-state index contributed by atoms with van der Waals surface area (Å²) in [6.45, 7) is 4.65. The van der Waals surface area contributed by atoms with Gasteiger partial charge in [0.05, 0.1) is 0 Å². The summed E-state index contributed by atoms with van der Waals surface area (Å²) in [4.78, 5) is 0.